The molecule has 5 rings (SSSR count). The van der Waals surface area contributed by atoms with E-state index in [1.165, 1.54) is 10.9 Å². The molecular formula is C21H19BrN4O. The minimum Gasteiger partial charge on any atom is -0.378 e. The van der Waals surface area contributed by atoms with E-state index in [1.807, 2.05) is 18.3 Å². The lowest BCUT2D eigenvalue weighted by Crippen LogP contribution is -2.36. The van der Waals surface area contributed by atoms with Crippen LogP contribution in [0.2, 0.25) is 0 Å². The molecule has 1 saturated heterocycles. The number of pyridine rings is 1. The van der Waals surface area contributed by atoms with Crippen molar-refractivity contribution in [1.82, 2.24) is 14.8 Å². The number of ether oxygens (including phenoxy) is 1. The summed E-state index contributed by atoms with van der Waals surface area (Å²) in [6.45, 7) is 3.91. The summed E-state index contributed by atoms with van der Waals surface area (Å²) >= 11 is 3.61. The molecule has 3 heterocycles. The normalized spacial score (nSPS) is 14.9. The van der Waals surface area contributed by atoms with Crippen LogP contribution in [0.5, 0.6) is 0 Å². The molecular weight excluding hydrogens is 404 g/mol. The Morgan fingerprint density at radius 1 is 1.04 bits per heavy atom. The molecule has 0 amide bonds. The van der Waals surface area contributed by atoms with Crippen LogP contribution < -0.4 is 4.90 Å². The molecule has 27 heavy (non-hydrogen) atoms. The largest absolute Gasteiger partial charge is 0.378 e. The van der Waals surface area contributed by atoms with Gasteiger partial charge in [0.05, 0.1) is 42.4 Å². The van der Waals surface area contributed by atoms with E-state index in [0.717, 1.165) is 59.6 Å². The second kappa shape index (κ2) is 6.94. The van der Waals surface area contributed by atoms with Crippen LogP contribution >= 0.6 is 15.9 Å². The van der Waals surface area contributed by atoms with Crippen molar-refractivity contribution in [2.45, 2.75) is 6.54 Å². The molecule has 0 spiro atoms. The van der Waals surface area contributed by atoms with Gasteiger partial charge in [-0.3, -0.25) is 9.67 Å². The van der Waals surface area contributed by atoms with Gasteiger partial charge in [-0.25, -0.2) is 0 Å². The van der Waals surface area contributed by atoms with Gasteiger partial charge in [-0.2, -0.15) is 5.10 Å². The van der Waals surface area contributed by atoms with Gasteiger partial charge >= 0.3 is 0 Å². The van der Waals surface area contributed by atoms with Gasteiger partial charge in [0.15, 0.2) is 5.82 Å². The molecule has 4 aromatic rings. The molecule has 1 aliphatic heterocycles. The van der Waals surface area contributed by atoms with Crippen LogP contribution in [-0.2, 0) is 11.3 Å². The predicted octanol–water partition coefficient (Wildman–Crippen LogP) is 4.23. The number of nitrogens with zero attached hydrogens (tertiary/aromatic N) is 4. The molecule has 1 fully saturated rings. The molecule has 0 N–H and O–H groups in total. The van der Waals surface area contributed by atoms with Gasteiger partial charge in [0.1, 0.15) is 0 Å². The van der Waals surface area contributed by atoms with Crippen molar-refractivity contribution in [2.24, 2.45) is 0 Å². The van der Waals surface area contributed by atoms with Gasteiger partial charge in [-0.1, -0.05) is 46.3 Å². The first kappa shape index (κ1) is 16.7. The molecule has 0 unspecified atom stereocenters. The van der Waals surface area contributed by atoms with Gasteiger partial charge < -0.3 is 9.64 Å². The molecule has 0 bridgehead atoms. The van der Waals surface area contributed by atoms with Crippen molar-refractivity contribution in [2.75, 3.05) is 31.2 Å². The Morgan fingerprint density at radius 2 is 1.85 bits per heavy atom. The minimum absolute atomic E-state index is 0.725. The van der Waals surface area contributed by atoms with Crippen LogP contribution in [0.3, 0.4) is 0 Å². The number of fused-ring (bicyclic) bond motifs is 3. The van der Waals surface area contributed by atoms with Crippen molar-refractivity contribution < 1.29 is 4.74 Å². The predicted molar refractivity (Wildman–Crippen MR) is 111 cm³/mol. The van der Waals surface area contributed by atoms with Gasteiger partial charge in [0, 0.05) is 22.9 Å². The van der Waals surface area contributed by atoms with Crippen LogP contribution in [0, 0.1) is 0 Å². The average Bonchev–Trinajstić information content (AvgIpc) is 3.08. The van der Waals surface area contributed by atoms with E-state index in [0.29, 0.717) is 0 Å². The fraction of sp³-hybridized carbons (Fsp3) is 0.238. The lowest BCUT2D eigenvalue weighted by atomic mass is 10.1. The summed E-state index contributed by atoms with van der Waals surface area (Å²) in [4.78, 5) is 7.01. The number of halogens is 1. The Balaban J connectivity index is 1.73. The SMILES string of the molecule is Brc1ccc2ncc3c(c(N4CCOCC4)nn3Cc3ccccc3)c2c1. The van der Waals surface area contributed by atoms with Crippen LogP contribution in [0.15, 0.2) is 59.2 Å². The fourth-order valence-electron chi connectivity index (χ4n) is 3.68. The van der Waals surface area contributed by atoms with Crippen molar-refractivity contribution >= 4 is 43.6 Å². The van der Waals surface area contributed by atoms with E-state index in [9.17, 15) is 0 Å². The van der Waals surface area contributed by atoms with Crippen LogP contribution in [0.25, 0.3) is 21.8 Å². The smallest absolute Gasteiger partial charge is 0.159 e. The third-order valence-electron chi connectivity index (χ3n) is 5.01. The summed E-state index contributed by atoms with van der Waals surface area (Å²) in [5.74, 6) is 1.02. The monoisotopic (exact) mass is 422 g/mol. The highest BCUT2D eigenvalue weighted by Crippen LogP contribution is 2.34. The Labute approximate surface area is 165 Å². The van der Waals surface area contributed by atoms with Gasteiger partial charge in [0.25, 0.3) is 0 Å². The molecule has 5 nitrogen and oxygen atoms in total. The standard InChI is InChI=1S/C21H19BrN4O/c22-16-6-7-18-17(12-16)20-19(13-23-18)26(14-15-4-2-1-3-5-15)24-21(20)25-8-10-27-11-9-25/h1-7,12-13H,8-11,14H2. The molecule has 0 radical (unpaired) electrons. The average molecular weight is 423 g/mol. The summed E-state index contributed by atoms with van der Waals surface area (Å²) in [7, 11) is 0. The number of morpholine rings is 1. The summed E-state index contributed by atoms with van der Waals surface area (Å²) in [5, 5.41) is 7.31. The highest BCUT2D eigenvalue weighted by molar-refractivity contribution is 9.10. The quantitative estimate of drug-likeness (QED) is 0.495. The first-order valence-electron chi connectivity index (χ1n) is 9.11. The maximum Gasteiger partial charge on any atom is 0.159 e. The third-order valence-corrected chi connectivity index (χ3v) is 5.51. The molecule has 136 valence electrons. The zero-order valence-electron chi connectivity index (χ0n) is 14.8. The number of benzene rings is 2. The van der Waals surface area contributed by atoms with E-state index in [-0.39, 0.29) is 0 Å². The maximum atomic E-state index is 5.55. The van der Waals surface area contributed by atoms with E-state index in [1.54, 1.807) is 0 Å². The highest BCUT2D eigenvalue weighted by atomic mass is 79.9. The fourth-order valence-corrected chi connectivity index (χ4v) is 4.04. The Morgan fingerprint density at radius 3 is 2.67 bits per heavy atom. The number of hydrogen-bond acceptors (Lipinski definition) is 4. The zero-order valence-corrected chi connectivity index (χ0v) is 16.4. The highest BCUT2D eigenvalue weighted by Gasteiger charge is 2.21. The minimum atomic E-state index is 0.725. The van der Waals surface area contributed by atoms with E-state index in [2.05, 4.69) is 66.9 Å². The number of anilines is 1. The molecule has 1 aliphatic rings. The van der Waals surface area contributed by atoms with Crippen molar-refractivity contribution in [3.8, 4) is 0 Å². The van der Waals surface area contributed by atoms with Crippen LogP contribution in [0.1, 0.15) is 5.56 Å². The topological polar surface area (TPSA) is 43.2 Å². The van der Waals surface area contributed by atoms with Gasteiger partial charge in [0.2, 0.25) is 0 Å². The van der Waals surface area contributed by atoms with E-state index < -0.39 is 0 Å². The molecule has 0 saturated carbocycles. The Hall–Kier alpha value is -2.44. The summed E-state index contributed by atoms with van der Waals surface area (Å²) in [5.41, 5.74) is 3.27. The van der Waals surface area contributed by atoms with Gasteiger partial charge in [-0.15, -0.1) is 0 Å². The number of aromatic nitrogens is 3. The van der Waals surface area contributed by atoms with Crippen molar-refractivity contribution in [3.63, 3.8) is 0 Å². The summed E-state index contributed by atoms with van der Waals surface area (Å²) < 4.78 is 8.67. The lowest BCUT2D eigenvalue weighted by molar-refractivity contribution is 0.122. The van der Waals surface area contributed by atoms with Crippen LogP contribution in [0.4, 0.5) is 5.82 Å². The molecule has 2 aromatic heterocycles. The first-order valence-corrected chi connectivity index (χ1v) is 9.90. The second-order valence-corrected chi connectivity index (χ2v) is 7.66. The van der Waals surface area contributed by atoms with Crippen molar-refractivity contribution in [3.05, 3.63) is 64.8 Å². The van der Waals surface area contributed by atoms with E-state index in [4.69, 9.17) is 9.84 Å². The molecule has 0 aliphatic carbocycles. The number of hydrogen-bond donors (Lipinski definition) is 0. The Bertz CT molecular complexity index is 1100. The molecule has 0 atom stereocenters. The Kier molecular flexibility index (Phi) is 4.30. The molecule has 6 heteroatoms. The summed E-state index contributed by atoms with van der Waals surface area (Å²) in [6.07, 6.45) is 1.95. The van der Waals surface area contributed by atoms with Gasteiger partial charge in [-0.05, 0) is 23.8 Å². The van der Waals surface area contributed by atoms with Crippen molar-refractivity contribution in [1.29, 1.82) is 0 Å². The second-order valence-electron chi connectivity index (χ2n) is 6.75. The zero-order chi connectivity index (χ0) is 18.2. The van der Waals surface area contributed by atoms with Crippen LogP contribution in [-0.4, -0.2) is 41.1 Å². The number of rotatable bonds is 3. The lowest BCUT2D eigenvalue weighted by Gasteiger charge is -2.27. The molecule has 2 aromatic carbocycles. The summed E-state index contributed by atoms with van der Waals surface area (Å²) in [6, 6.07) is 16.7. The first-order chi connectivity index (χ1) is 13.3. The third kappa shape index (κ3) is 3.09. The van der Waals surface area contributed by atoms with E-state index >= 15 is 0 Å². The maximum absolute atomic E-state index is 5.55.